The van der Waals surface area contributed by atoms with Crippen molar-refractivity contribution in [2.24, 2.45) is 0 Å². The molecule has 0 spiro atoms. The fourth-order valence-corrected chi connectivity index (χ4v) is 3.31. The lowest BCUT2D eigenvalue weighted by molar-refractivity contribution is 0.256. The number of rotatable bonds is 7. The number of methoxy groups -OCH3 is 1. The van der Waals surface area contributed by atoms with Crippen molar-refractivity contribution in [1.29, 1.82) is 0 Å². The lowest BCUT2D eigenvalue weighted by atomic mass is 10.2. The number of hydrogen-bond acceptors (Lipinski definition) is 4. The van der Waals surface area contributed by atoms with Crippen LogP contribution < -0.4 is 15.0 Å². The summed E-state index contributed by atoms with van der Waals surface area (Å²) in [4.78, 5) is 4.99. The summed E-state index contributed by atoms with van der Waals surface area (Å²) in [6.07, 6.45) is 1.17. The van der Waals surface area contributed by atoms with E-state index < -0.39 is 0 Å². The maximum absolute atomic E-state index is 5.49. The maximum Gasteiger partial charge on any atom is 0.142 e. The van der Waals surface area contributed by atoms with E-state index >= 15 is 0 Å². The fraction of sp³-hybridized carbons (Fsp3) is 0.429. The second-order valence-electron chi connectivity index (χ2n) is 6.65. The van der Waals surface area contributed by atoms with Crippen LogP contribution in [0.4, 0.5) is 11.4 Å². The van der Waals surface area contributed by atoms with Crippen LogP contribution in [0.3, 0.4) is 0 Å². The van der Waals surface area contributed by atoms with Crippen molar-refractivity contribution in [2.75, 3.05) is 56.6 Å². The first-order chi connectivity index (χ1) is 12.3. The van der Waals surface area contributed by atoms with Crippen molar-refractivity contribution in [2.45, 2.75) is 13.3 Å². The van der Waals surface area contributed by atoms with Crippen LogP contribution in [-0.2, 0) is 0 Å². The van der Waals surface area contributed by atoms with Gasteiger partial charge in [0.25, 0.3) is 0 Å². The van der Waals surface area contributed by atoms with Crippen LogP contribution in [0.2, 0.25) is 0 Å². The standard InChI is InChI=1S/C21H29N3O/c1-18-8-10-19(11-9-18)22-12-5-13-23-14-16-24(17-15-23)20-6-3-4-7-21(20)25-2/h3-4,6-11,22H,5,12-17H2,1-2H3. The molecule has 4 nitrogen and oxygen atoms in total. The molecule has 2 aromatic carbocycles. The Morgan fingerprint density at radius 3 is 2.40 bits per heavy atom. The largest absolute Gasteiger partial charge is 0.495 e. The Balaban J connectivity index is 1.38. The summed E-state index contributed by atoms with van der Waals surface area (Å²) in [5, 5.41) is 3.51. The molecule has 0 saturated carbocycles. The molecular weight excluding hydrogens is 310 g/mol. The van der Waals surface area contributed by atoms with Crippen molar-refractivity contribution in [3.05, 3.63) is 54.1 Å². The first-order valence-electron chi connectivity index (χ1n) is 9.17. The predicted octanol–water partition coefficient (Wildman–Crippen LogP) is 3.63. The number of piperazine rings is 1. The summed E-state index contributed by atoms with van der Waals surface area (Å²) >= 11 is 0. The minimum Gasteiger partial charge on any atom is -0.495 e. The molecule has 2 aromatic rings. The maximum atomic E-state index is 5.49. The lowest BCUT2D eigenvalue weighted by Gasteiger charge is -2.36. The van der Waals surface area contributed by atoms with Crippen molar-refractivity contribution < 1.29 is 4.74 Å². The smallest absolute Gasteiger partial charge is 0.142 e. The number of anilines is 2. The molecule has 0 atom stereocenters. The monoisotopic (exact) mass is 339 g/mol. The summed E-state index contributed by atoms with van der Waals surface area (Å²) < 4.78 is 5.49. The molecule has 25 heavy (non-hydrogen) atoms. The second-order valence-corrected chi connectivity index (χ2v) is 6.65. The zero-order valence-electron chi connectivity index (χ0n) is 15.4. The first kappa shape index (κ1) is 17.6. The van der Waals surface area contributed by atoms with E-state index in [1.807, 2.05) is 12.1 Å². The second kappa shape index (κ2) is 8.77. The van der Waals surface area contributed by atoms with Crippen LogP contribution in [0.5, 0.6) is 5.75 Å². The van der Waals surface area contributed by atoms with Crippen LogP contribution in [0.15, 0.2) is 48.5 Å². The van der Waals surface area contributed by atoms with Crippen LogP contribution >= 0.6 is 0 Å². The Labute approximate surface area is 151 Å². The van der Waals surface area contributed by atoms with E-state index in [4.69, 9.17) is 4.74 Å². The van der Waals surface area contributed by atoms with Gasteiger partial charge in [-0.25, -0.2) is 0 Å². The lowest BCUT2D eigenvalue weighted by Crippen LogP contribution is -2.46. The van der Waals surface area contributed by atoms with Gasteiger partial charge < -0.3 is 15.0 Å². The van der Waals surface area contributed by atoms with Gasteiger partial charge in [-0.05, 0) is 44.2 Å². The zero-order chi connectivity index (χ0) is 17.5. The van der Waals surface area contributed by atoms with Gasteiger partial charge in [-0.1, -0.05) is 29.8 Å². The number of para-hydroxylation sites is 2. The van der Waals surface area contributed by atoms with Gasteiger partial charge in [0.2, 0.25) is 0 Å². The SMILES string of the molecule is COc1ccccc1N1CCN(CCCNc2ccc(C)cc2)CC1. The van der Waals surface area contributed by atoms with E-state index in [0.717, 1.165) is 45.0 Å². The third-order valence-electron chi connectivity index (χ3n) is 4.83. The van der Waals surface area contributed by atoms with E-state index in [-0.39, 0.29) is 0 Å². The summed E-state index contributed by atoms with van der Waals surface area (Å²) in [5.41, 5.74) is 3.73. The highest BCUT2D eigenvalue weighted by Gasteiger charge is 2.18. The first-order valence-corrected chi connectivity index (χ1v) is 9.17. The van der Waals surface area contributed by atoms with Crippen molar-refractivity contribution in [3.8, 4) is 5.75 Å². The van der Waals surface area contributed by atoms with Gasteiger partial charge in [-0.15, -0.1) is 0 Å². The van der Waals surface area contributed by atoms with E-state index in [0.29, 0.717) is 0 Å². The van der Waals surface area contributed by atoms with Gasteiger partial charge in [0.1, 0.15) is 5.75 Å². The summed E-state index contributed by atoms with van der Waals surface area (Å²) in [5.74, 6) is 0.971. The topological polar surface area (TPSA) is 27.7 Å². The molecule has 0 aliphatic carbocycles. The molecule has 1 fully saturated rings. The quantitative estimate of drug-likeness (QED) is 0.780. The van der Waals surface area contributed by atoms with Crippen LogP contribution in [0.25, 0.3) is 0 Å². The molecule has 1 aliphatic heterocycles. The number of benzene rings is 2. The molecule has 134 valence electrons. The van der Waals surface area contributed by atoms with Gasteiger partial charge in [0.15, 0.2) is 0 Å². The van der Waals surface area contributed by atoms with Crippen LogP contribution in [0, 0.1) is 6.92 Å². The number of hydrogen-bond donors (Lipinski definition) is 1. The van der Waals surface area contributed by atoms with Gasteiger partial charge in [-0.3, -0.25) is 4.90 Å². The Kier molecular flexibility index (Phi) is 6.18. The van der Waals surface area contributed by atoms with Gasteiger partial charge >= 0.3 is 0 Å². The molecule has 0 bridgehead atoms. The highest BCUT2D eigenvalue weighted by atomic mass is 16.5. The van der Waals surface area contributed by atoms with E-state index in [9.17, 15) is 0 Å². The Morgan fingerprint density at radius 1 is 0.960 bits per heavy atom. The van der Waals surface area contributed by atoms with Crippen molar-refractivity contribution >= 4 is 11.4 Å². The molecule has 4 heteroatoms. The number of ether oxygens (including phenoxy) is 1. The molecule has 1 heterocycles. The van der Waals surface area contributed by atoms with Crippen LogP contribution in [0.1, 0.15) is 12.0 Å². The molecule has 0 unspecified atom stereocenters. The molecule has 1 N–H and O–H groups in total. The van der Waals surface area contributed by atoms with Crippen LogP contribution in [-0.4, -0.2) is 51.3 Å². The molecule has 1 aliphatic rings. The van der Waals surface area contributed by atoms with Gasteiger partial charge in [0, 0.05) is 38.4 Å². The number of nitrogens with one attached hydrogen (secondary N) is 1. The van der Waals surface area contributed by atoms with E-state index in [1.54, 1.807) is 7.11 Å². The molecular formula is C21H29N3O. The minimum absolute atomic E-state index is 0.971. The fourth-order valence-electron chi connectivity index (χ4n) is 3.31. The van der Waals surface area contributed by atoms with Crippen molar-refractivity contribution in [1.82, 2.24) is 4.90 Å². The van der Waals surface area contributed by atoms with Crippen molar-refractivity contribution in [3.63, 3.8) is 0 Å². The molecule has 0 amide bonds. The summed E-state index contributed by atoms with van der Waals surface area (Å²) in [6.45, 7) is 8.64. The van der Waals surface area contributed by atoms with Gasteiger partial charge in [-0.2, -0.15) is 0 Å². The highest BCUT2D eigenvalue weighted by molar-refractivity contribution is 5.58. The number of nitrogens with zero attached hydrogens (tertiary/aromatic N) is 2. The third-order valence-corrected chi connectivity index (χ3v) is 4.83. The minimum atomic E-state index is 0.971. The van der Waals surface area contributed by atoms with Gasteiger partial charge in [0.05, 0.1) is 12.8 Å². The normalized spacial score (nSPS) is 15.2. The Bertz CT molecular complexity index is 648. The van der Waals surface area contributed by atoms with E-state index in [2.05, 4.69) is 58.4 Å². The van der Waals surface area contributed by atoms with E-state index in [1.165, 1.54) is 23.4 Å². The summed E-state index contributed by atoms with van der Waals surface area (Å²) in [6, 6.07) is 16.9. The zero-order valence-corrected chi connectivity index (χ0v) is 15.4. The predicted molar refractivity (Wildman–Crippen MR) is 106 cm³/mol. The Hall–Kier alpha value is -2.20. The third kappa shape index (κ3) is 4.89. The molecule has 0 aromatic heterocycles. The average Bonchev–Trinajstić information content (AvgIpc) is 2.67. The Morgan fingerprint density at radius 2 is 1.68 bits per heavy atom. The summed E-state index contributed by atoms with van der Waals surface area (Å²) in [7, 11) is 1.75. The molecule has 3 rings (SSSR count). The number of aryl methyl sites for hydroxylation is 1. The highest BCUT2D eigenvalue weighted by Crippen LogP contribution is 2.28. The average molecular weight is 339 g/mol. The molecule has 0 radical (unpaired) electrons. The molecule has 1 saturated heterocycles.